The second-order valence-electron chi connectivity index (χ2n) is 8.24. The van der Waals surface area contributed by atoms with E-state index >= 15 is 0 Å². The van der Waals surface area contributed by atoms with Crippen LogP contribution in [0.15, 0.2) is 0 Å². The van der Waals surface area contributed by atoms with Gasteiger partial charge in [-0.15, -0.1) is 0 Å². The van der Waals surface area contributed by atoms with Crippen LogP contribution in [-0.2, 0) is 19.1 Å². The zero-order valence-corrected chi connectivity index (χ0v) is 11.4. The average Bonchev–Trinajstić information content (AvgIpc) is 3.17. The van der Waals surface area contributed by atoms with Crippen molar-refractivity contribution in [3.63, 3.8) is 0 Å². The van der Waals surface area contributed by atoms with E-state index in [0.29, 0.717) is 35.5 Å². The highest BCUT2D eigenvalue weighted by Crippen LogP contribution is 2.97. The normalized spacial score (nSPS) is 77.9. The molecule has 6 saturated carbocycles. The second-order valence-corrected chi connectivity index (χ2v) is 8.24. The number of Topliss-reactive ketones (excluding diaryl/α,β-unsaturated/α-hetero) is 2. The summed E-state index contributed by atoms with van der Waals surface area (Å²) in [6.45, 7) is 3.46. The van der Waals surface area contributed by atoms with Crippen molar-refractivity contribution in [2.45, 2.75) is 38.3 Å². The predicted molar refractivity (Wildman–Crippen MR) is 64.5 cm³/mol. The maximum Gasteiger partial charge on any atom is 0.137 e. The van der Waals surface area contributed by atoms with Crippen LogP contribution >= 0.6 is 0 Å². The van der Waals surface area contributed by atoms with Crippen LogP contribution in [-0.4, -0.2) is 36.0 Å². The van der Waals surface area contributed by atoms with E-state index < -0.39 is 10.8 Å². The van der Waals surface area contributed by atoms with E-state index in [1.165, 1.54) is 0 Å². The van der Waals surface area contributed by atoms with Crippen molar-refractivity contribution < 1.29 is 19.1 Å². The van der Waals surface area contributed by atoms with E-state index in [1.807, 2.05) is 0 Å². The van der Waals surface area contributed by atoms with Gasteiger partial charge in [0, 0.05) is 23.7 Å². The first-order chi connectivity index (χ1) is 9.59. The molecule has 2 aliphatic heterocycles. The van der Waals surface area contributed by atoms with Crippen LogP contribution in [0.5, 0.6) is 0 Å². The molecule has 8 aliphatic rings. The summed E-state index contributed by atoms with van der Waals surface area (Å²) in [7, 11) is 0. The van der Waals surface area contributed by atoms with Crippen LogP contribution in [0.3, 0.4) is 0 Å². The zero-order valence-electron chi connectivity index (χ0n) is 11.4. The molecule has 0 amide bonds. The van der Waals surface area contributed by atoms with E-state index in [0.717, 1.165) is 0 Å². The van der Waals surface area contributed by atoms with Gasteiger partial charge in [0.25, 0.3) is 0 Å². The van der Waals surface area contributed by atoms with Gasteiger partial charge in [-0.3, -0.25) is 9.59 Å². The third-order valence-corrected chi connectivity index (χ3v) is 8.59. The summed E-state index contributed by atoms with van der Waals surface area (Å²) in [5.41, 5.74) is -0.836. The molecule has 4 nitrogen and oxygen atoms in total. The van der Waals surface area contributed by atoms with Gasteiger partial charge in [-0.1, -0.05) is 0 Å². The smallest absolute Gasteiger partial charge is 0.137 e. The van der Waals surface area contributed by atoms with Gasteiger partial charge < -0.3 is 9.47 Å². The number of ether oxygens (including phenoxy) is 2. The largest absolute Gasteiger partial charge is 0.369 e. The molecule has 2 heterocycles. The number of rotatable bonds is 2. The van der Waals surface area contributed by atoms with E-state index in [-0.39, 0.29) is 36.0 Å². The molecule has 20 heavy (non-hydrogen) atoms. The number of carbonyl (C=O) groups excluding carboxylic acids is 2. The number of carbonyl (C=O) groups is 2. The van der Waals surface area contributed by atoms with Gasteiger partial charge in [-0.25, -0.2) is 0 Å². The molecular formula is C16H16O4. The van der Waals surface area contributed by atoms with Gasteiger partial charge in [-0.05, 0) is 25.7 Å². The van der Waals surface area contributed by atoms with Crippen LogP contribution in [0.1, 0.15) is 13.8 Å². The summed E-state index contributed by atoms with van der Waals surface area (Å²) in [6.07, 6.45) is 1.13. The fourth-order valence-electron chi connectivity index (χ4n) is 9.03. The number of hydrogen-bond acceptors (Lipinski definition) is 4. The molecular weight excluding hydrogens is 256 g/mol. The highest BCUT2D eigenvalue weighted by atomic mass is 16.6. The van der Waals surface area contributed by atoms with Gasteiger partial charge >= 0.3 is 0 Å². The Balaban J connectivity index is 1.64. The molecule has 6 aliphatic carbocycles. The lowest BCUT2D eigenvalue weighted by Gasteiger charge is -2.50. The molecule has 0 spiro atoms. The van der Waals surface area contributed by atoms with Crippen LogP contribution in [0.2, 0.25) is 0 Å². The van der Waals surface area contributed by atoms with Crippen molar-refractivity contribution in [1.82, 2.24) is 0 Å². The minimum atomic E-state index is -0.418. The summed E-state index contributed by atoms with van der Waals surface area (Å²) >= 11 is 0. The molecule has 0 radical (unpaired) electrons. The Morgan fingerprint density at radius 3 is 1.25 bits per heavy atom. The highest BCUT2D eigenvalue weighted by molar-refractivity contribution is 5.99. The van der Waals surface area contributed by atoms with Gasteiger partial charge in [0.1, 0.15) is 11.6 Å². The average molecular weight is 272 g/mol. The maximum absolute atomic E-state index is 12.8. The Labute approximate surface area is 116 Å². The Bertz CT molecular complexity index is 565. The first kappa shape index (κ1) is 10.1. The maximum atomic E-state index is 12.8. The Morgan fingerprint density at radius 2 is 1.00 bits per heavy atom. The molecule has 104 valence electrons. The highest BCUT2D eigenvalue weighted by Gasteiger charge is 3.03. The summed E-state index contributed by atoms with van der Waals surface area (Å²) in [4.78, 5) is 25.6. The quantitative estimate of drug-likeness (QED) is 0.684. The Kier molecular flexibility index (Phi) is 1.13. The Hall–Kier alpha value is -0.740. The minimum absolute atomic E-state index is 0.253. The van der Waals surface area contributed by atoms with Crippen LogP contribution < -0.4 is 0 Å². The summed E-state index contributed by atoms with van der Waals surface area (Å²) < 4.78 is 11.8. The van der Waals surface area contributed by atoms with E-state index in [9.17, 15) is 9.59 Å². The Morgan fingerprint density at radius 1 is 0.700 bits per heavy atom. The molecule has 0 N–H and O–H groups in total. The molecule has 8 rings (SSSR count). The van der Waals surface area contributed by atoms with Gasteiger partial charge in [-0.2, -0.15) is 0 Å². The van der Waals surface area contributed by atoms with Crippen molar-refractivity contribution in [2.24, 2.45) is 46.3 Å². The summed E-state index contributed by atoms with van der Waals surface area (Å²) in [6, 6.07) is 0. The molecule has 0 aromatic carbocycles. The molecule has 4 unspecified atom stereocenters. The molecule has 8 fully saturated rings. The molecule has 2 saturated heterocycles. The number of epoxide rings is 2. The lowest BCUT2D eigenvalue weighted by Crippen LogP contribution is -2.61. The topological polar surface area (TPSA) is 59.2 Å². The number of hydrogen-bond donors (Lipinski definition) is 0. The van der Waals surface area contributed by atoms with Crippen molar-refractivity contribution in [3.8, 4) is 0 Å². The van der Waals surface area contributed by atoms with Gasteiger partial charge in [0.15, 0.2) is 0 Å². The summed E-state index contributed by atoms with van der Waals surface area (Å²) in [5, 5.41) is 0. The fraction of sp³-hybridized carbons (Fsp3) is 0.875. The third kappa shape index (κ3) is 0.536. The fourth-order valence-corrected chi connectivity index (χ4v) is 9.03. The van der Waals surface area contributed by atoms with Gasteiger partial charge in [0.05, 0.1) is 35.2 Å². The minimum Gasteiger partial charge on any atom is -0.369 e. The molecule has 4 heteroatoms. The van der Waals surface area contributed by atoms with Crippen molar-refractivity contribution >= 4 is 11.6 Å². The lowest BCUT2D eigenvalue weighted by molar-refractivity contribution is -0.158. The van der Waals surface area contributed by atoms with Crippen molar-refractivity contribution in [3.05, 3.63) is 0 Å². The second kappa shape index (κ2) is 2.24. The third-order valence-electron chi connectivity index (χ3n) is 8.59. The molecule has 0 aromatic rings. The van der Waals surface area contributed by atoms with E-state index in [2.05, 4.69) is 0 Å². The molecule has 12 atom stereocenters. The SMILES string of the molecule is CC(=O)C12[C@@H]3C4C5[C@H]1[C@@H]1O[C@H]1[C@H]5C2(C(C)=O)[C@H]4[C@H]1O[C@H]13. The van der Waals surface area contributed by atoms with Crippen molar-refractivity contribution in [2.75, 3.05) is 0 Å². The van der Waals surface area contributed by atoms with E-state index in [1.54, 1.807) is 13.8 Å². The predicted octanol–water partition coefficient (Wildman–Crippen LogP) is 0.437. The first-order valence-corrected chi connectivity index (χ1v) is 7.92. The monoisotopic (exact) mass is 272 g/mol. The standard InChI is InChI=1S/C16H16O4/c1-3(17)15-7-5-6-8(15)12-14(20-12)10(6)16(15,4(2)18)9(5)13-11(7)19-13/h5-14H,1-2H3/t5?,6?,7-,8+,9-,10+,11-,12-,13-,14+,15?,16?/m0/s1. The first-order valence-electron chi connectivity index (χ1n) is 7.92. The molecule has 8 bridgehead atoms. The zero-order chi connectivity index (χ0) is 13.3. The molecule has 0 aromatic heterocycles. The van der Waals surface area contributed by atoms with Crippen molar-refractivity contribution in [1.29, 1.82) is 0 Å². The van der Waals surface area contributed by atoms with Gasteiger partial charge in [0.2, 0.25) is 0 Å². The number of fused-ring (bicyclic) bond motifs is 2. The number of ketones is 2. The lowest BCUT2D eigenvalue weighted by atomic mass is 9.47. The van der Waals surface area contributed by atoms with Crippen LogP contribution in [0.25, 0.3) is 0 Å². The van der Waals surface area contributed by atoms with Crippen LogP contribution in [0.4, 0.5) is 0 Å². The van der Waals surface area contributed by atoms with E-state index in [4.69, 9.17) is 9.47 Å². The summed E-state index contributed by atoms with van der Waals surface area (Å²) in [5.74, 6) is 2.98. The van der Waals surface area contributed by atoms with Crippen LogP contribution in [0, 0.1) is 46.3 Å².